The van der Waals surface area contributed by atoms with Crippen molar-refractivity contribution in [1.82, 2.24) is 20.4 Å². The minimum Gasteiger partial charge on any atom is -0.467 e. The van der Waals surface area contributed by atoms with Crippen LogP contribution in [0.4, 0.5) is 13.6 Å². The fourth-order valence-corrected chi connectivity index (χ4v) is 3.67. The van der Waals surface area contributed by atoms with Crippen molar-refractivity contribution in [2.45, 2.75) is 58.2 Å². The van der Waals surface area contributed by atoms with Gasteiger partial charge in [-0.2, -0.15) is 18.9 Å². The maximum Gasteiger partial charge on any atom is 0.434 e. The molecule has 0 aliphatic carbocycles. The standard InChI is InChI=1S/C26H31F2N7O5/c1-15(34-22(36)26(5,27)28)21(17-11-30-23(38-6)31-12-17)35-20-8-7-18(9-16(20)13-33-35)39-19(10-29)14-32-24(37)40-25(2,3)4/h7-15,21H,1-6H3,(H3,29,32,34,36,37)/p+1/t15-,21-/m0/s1. The van der Waals surface area contributed by atoms with Crippen molar-refractivity contribution in [2.24, 2.45) is 10.7 Å². The molecular formula is C26H32F2N7O5+. The van der Waals surface area contributed by atoms with Crippen LogP contribution in [0.3, 0.4) is 0 Å². The van der Waals surface area contributed by atoms with Crippen LogP contribution in [0.5, 0.6) is 11.8 Å². The number of nitrogens with zero attached hydrogens (tertiary/aromatic N) is 4. The summed E-state index contributed by atoms with van der Waals surface area (Å²) in [4.78, 5) is 35.9. The Bertz CT molecular complexity index is 1410. The number of allylic oxidation sites excluding steroid dienone is 1. The third-order valence-electron chi connectivity index (χ3n) is 5.39. The number of nitrogens with two attached hydrogens (primary N) is 1. The van der Waals surface area contributed by atoms with Crippen molar-refractivity contribution < 1.29 is 37.3 Å². The van der Waals surface area contributed by atoms with Crippen molar-refractivity contribution >= 4 is 29.1 Å². The van der Waals surface area contributed by atoms with Gasteiger partial charge in [0.15, 0.2) is 5.76 Å². The molecule has 0 spiro atoms. The van der Waals surface area contributed by atoms with Gasteiger partial charge in [0.25, 0.3) is 5.91 Å². The molecule has 0 bridgehead atoms. The summed E-state index contributed by atoms with van der Waals surface area (Å²) >= 11 is 0. The first-order chi connectivity index (χ1) is 18.7. The minimum atomic E-state index is -3.56. The summed E-state index contributed by atoms with van der Waals surface area (Å²) in [5.41, 5.74) is 6.10. The first-order valence-electron chi connectivity index (χ1n) is 12.2. The zero-order valence-electron chi connectivity index (χ0n) is 22.9. The minimum absolute atomic E-state index is 0.0960. The molecule has 3 aromatic rings. The van der Waals surface area contributed by atoms with Crippen molar-refractivity contribution in [1.29, 1.82) is 0 Å². The quantitative estimate of drug-likeness (QED) is 0.205. The van der Waals surface area contributed by atoms with E-state index >= 15 is 0 Å². The van der Waals surface area contributed by atoms with Crippen LogP contribution in [0.25, 0.3) is 10.9 Å². The molecule has 2 amide bonds. The van der Waals surface area contributed by atoms with E-state index in [1.54, 1.807) is 56.8 Å². The predicted molar refractivity (Wildman–Crippen MR) is 141 cm³/mol. The molecule has 14 heteroatoms. The molecule has 12 nitrogen and oxygen atoms in total. The summed E-state index contributed by atoms with van der Waals surface area (Å²) in [6.07, 6.45) is 6.13. The van der Waals surface area contributed by atoms with E-state index in [9.17, 15) is 18.4 Å². The van der Waals surface area contributed by atoms with Gasteiger partial charge in [-0.05, 0) is 39.8 Å². The van der Waals surface area contributed by atoms with Crippen LogP contribution < -0.4 is 25.2 Å². The lowest BCUT2D eigenvalue weighted by Gasteiger charge is -2.21. The van der Waals surface area contributed by atoms with Crippen LogP contribution >= 0.6 is 0 Å². The molecule has 1 aromatic carbocycles. The van der Waals surface area contributed by atoms with Crippen LogP contribution in [0.2, 0.25) is 0 Å². The molecule has 2 atom stereocenters. The van der Waals surface area contributed by atoms with Gasteiger partial charge < -0.3 is 25.3 Å². The number of carbonyl (C=O) groups is 2. The Kier molecular flexibility index (Phi) is 9.02. The van der Waals surface area contributed by atoms with E-state index in [0.29, 0.717) is 29.1 Å². The van der Waals surface area contributed by atoms with E-state index < -0.39 is 35.6 Å². The summed E-state index contributed by atoms with van der Waals surface area (Å²) in [6, 6.07) is 3.67. The average molecular weight is 561 g/mol. The number of H-pyrrole nitrogens is 1. The van der Waals surface area contributed by atoms with E-state index in [1.807, 2.05) is 0 Å². The Morgan fingerprint density at radius 2 is 1.88 bits per heavy atom. The highest BCUT2D eigenvalue weighted by molar-refractivity contribution is 5.87. The number of benzene rings is 1. The zero-order chi connectivity index (χ0) is 29.7. The van der Waals surface area contributed by atoms with Crippen LogP contribution in [-0.4, -0.2) is 58.0 Å². The third-order valence-corrected chi connectivity index (χ3v) is 5.39. The van der Waals surface area contributed by atoms with E-state index in [0.717, 1.165) is 12.4 Å². The number of carbonyl (C=O) groups excluding carboxylic acids is 2. The van der Waals surface area contributed by atoms with Gasteiger partial charge in [-0.25, -0.2) is 14.8 Å². The smallest absolute Gasteiger partial charge is 0.434 e. The number of hydrogen-bond donors (Lipinski definition) is 3. The number of fused-ring (bicyclic) bond motifs is 1. The number of aromatic amines is 1. The van der Waals surface area contributed by atoms with E-state index in [4.69, 9.17) is 19.9 Å². The number of amides is 2. The third kappa shape index (κ3) is 7.71. The van der Waals surface area contributed by atoms with Gasteiger partial charge in [0.05, 0.1) is 36.5 Å². The molecule has 0 fully saturated rings. The van der Waals surface area contributed by atoms with Gasteiger partial charge in [-0.15, -0.1) is 4.68 Å². The highest BCUT2D eigenvalue weighted by Crippen LogP contribution is 2.24. The highest BCUT2D eigenvalue weighted by atomic mass is 19.3. The fourth-order valence-electron chi connectivity index (χ4n) is 3.67. The summed E-state index contributed by atoms with van der Waals surface area (Å²) in [5.74, 6) is -4.51. The molecule has 0 aliphatic heterocycles. The molecule has 2 aromatic heterocycles. The number of aromatic nitrogens is 4. The number of ether oxygens (including phenoxy) is 3. The van der Waals surface area contributed by atoms with Gasteiger partial charge in [0, 0.05) is 31.6 Å². The maximum absolute atomic E-state index is 13.7. The molecule has 2 heterocycles. The average Bonchev–Trinajstić information content (AvgIpc) is 3.28. The number of methoxy groups -OCH3 is 1. The second-order valence-electron chi connectivity index (χ2n) is 9.87. The van der Waals surface area contributed by atoms with E-state index in [2.05, 4.69) is 25.4 Å². The van der Waals surface area contributed by atoms with Crippen molar-refractivity contribution in [3.63, 3.8) is 0 Å². The maximum atomic E-state index is 13.7. The fraction of sp³-hybridized carbons (Fsp3) is 0.385. The SMILES string of the molecule is COc1ncc([C@H]([C@H](C)NC(=O)C(C)(F)F)[n+]2[nH]cc3cc(OC(/C=N/C(=O)OC(C)(C)C)=C/N)ccc32)cn1. The Balaban J connectivity index is 1.91. The van der Waals surface area contributed by atoms with Gasteiger partial charge >= 0.3 is 18.0 Å². The first-order valence-corrected chi connectivity index (χ1v) is 12.2. The lowest BCUT2D eigenvalue weighted by atomic mass is 10.0. The van der Waals surface area contributed by atoms with Gasteiger partial charge in [0.1, 0.15) is 11.4 Å². The highest BCUT2D eigenvalue weighted by Gasteiger charge is 2.39. The monoisotopic (exact) mass is 560 g/mol. The summed E-state index contributed by atoms with van der Waals surface area (Å²) in [5, 5.41) is 6.14. The Morgan fingerprint density at radius 3 is 2.45 bits per heavy atom. The number of hydrogen-bond acceptors (Lipinski definition) is 8. The van der Waals surface area contributed by atoms with E-state index in [-0.39, 0.29) is 11.8 Å². The molecule has 0 aliphatic rings. The molecule has 3 rings (SSSR count). The van der Waals surface area contributed by atoms with Crippen LogP contribution in [0, 0.1) is 0 Å². The molecule has 0 unspecified atom stereocenters. The lowest BCUT2D eigenvalue weighted by molar-refractivity contribution is -0.744. The van der Waals surface area contributed by atoms with Gasteiger partial charge in [-0.3, -0.25) is 4.79 Å². The molecule has 0 saturated heterocycles. The van der Waals surface area contributed by atoms with Crippen molar-refractivity contribution in [2.75, 3.05) is 7.11 Å². The zero-order valence-corrected chi connectivity index (χ0v) is 22.9. The van der Waals surface area contributed by atoms with E-state index in [1.165, 1.54) is 19.5 Å². The van der Waals surface area contributed by atoms with Gasteiger partial charge in [0.2, 0.25) is 11.6 Å². The Labute approximate surface area is 229 Å². The molecule has 214 valence electrons. The molecule has 4 N–H and O–H groups in total. The largest absolute Gasteiger partial charge is 0.467 e. The molecule has 0 radical (unpaired) electrons. The Morgan fingerprint density at radius 1 is 1.20 bits per heavy atom. The number of rotatable bonds is 9. The second kappa shape index (κ2) is 12.1. The van der Waals surface area contributed by atoms with Crippen molar-refractivity contribution in [3.05, 3.63) is 54.3 Å². The summed E-state index contributed by atoms with van der Waals surface area (Å²) in [6.45, 7) is 7.28. The second-order valence-corrected chi connectivity index (χ2v) is 9.87. The predicted octanol–water partition coefficient (Wildman–Crippen LogP) is 3.19. The van der Waals surface area contributed by atoms with Crippen molar-refractivity contribution in [3.8, 4) is 11.8 Å². The van der Waals surface area contributed by atoms with Crippen LogP contribution in [0.1, 0.15) is 46.2 Å². The topological polar surface area (TPSA) is 158 Å². The number of aliphatic imine (C=N–C) groups is 1. The number of alkyl halides is 2. The molecular weight excluding hydrogens is 528 g/mol. The summed E-state index contributed by atoms with van der Waals surface area (Å²) in [7, 11) is 1.42. The van der Waals surface area contributed by atoms with Crippen LogP contribution in [0.15, 0.2) is 53.7 Å². The first kappa shape index (κ1) is 29.9. The number of halogens is 2. The molecule has 0 saturated carbocycles. The normalized spacial score (nSPS) is 14.2. The Hall–Kier alpha value is -4.62. The number of nitrogens with one attached hydrogen (secondary N) is 2. The summed E-state index contributed by atoms with van der Waals surface area (Å²) < 4.78 is 44.9. The lowest BCUT2D eigenvalue weighted by Crippen LogP contribution is -2.55. The van der Waals surface area contributed by atoms with Gasteiger partial charge in [-0.1, -0.05) is 0 Å². The molecule has 40 heavy (non-hydrogen) atoms. The van der Waals surface area contributed by atoms with Crippen LogP contribution in [-0.2, 0) is 9.53 Å².